The molecular formula is C18H22N6O. The fraction of sp³-hybridized carbons (Fsp3) is 0.389. The Morgan fingerprint density at radius 3 is 3.08 bits per heavy atom. The van der Waals surface area contributed by atoms with Crippen LogP contribution in [0.3, 0.4) is 0 Å². The molecule has 7 heteroatoms. The minimum Gasteiger partial charge on any atom is -0.494 e. The van der Waals surface area contributed by atoms with Crippen molar-refractivity contribution >= 4 is 0 Å². The van der Waals surface area contributed by atoms with Gasteiger partial charge in [0.15, 0.2) is 0 Å². The van der Waals surface area contributed by atoms with Crippen LogP contribution in [-0.2, 0) is 6.54 Å². The van der Waals surface area contributed by atoms with Crippen molar-refractivity contribution in [3.63, 3.8) is 0 Å². The fourth-order valence-electron chi connectivity index (χ4n) is 3.48. The second kappa shape index (κ2) is 7.06. The van der Waals surface area contributed by atoms with Crippen molar-refractivity contribution < 1.29 is 4.74 Å². The van der Waals surface area contributed by atoms with Crippen molar-refractivity contribution in [2.45, 2.75) is 25.3 Å². The van der Waals surface area contributed by atoms with Crippen LogP contribution in [0.15, 0.2) is 43.0 Å². The van der Waals surface area contributed by atoms with Crippen molar-refractivity contribution in [3.8, 4) is 11.4 Å². The van der Waals surface area contributed by atoms with E-state index in [9.17, 15) is 0 Å². The molecule has 4 rings (SSSR count). The Labute approximate surface area is 146 Å². The van der Waals surface area contributed by atoms with E-state index in [1.807, 2.05) is 35.1 Å². The lowest BCUT2D eigenvalue weighted by Crippen LogP contribution is -2.34. The average molecular weight is 338 g/mol. The normalized spacial score (nSPS) is 18.4. The molecule has 1 saturated heterocycles. The van der Waals surface area contributed by atoms with Gasteiger partial charge in [0.1, 0.15) is 23.6 Å². The molecule has 0 spiro atoms. The average Bonchev–Trinajstić information content (AvgIpc) is 3.34. The number of benzene rings is 1. The molecule has 0 saturated carbocycles. The van der Waals surface area contributed by atoms with Gasteiger partial charge in [0.05, 0.1) is 13.3 Å². The Hall–Kier alpha value is -2.67. The summed E-state index contributed by atoms with van der Waals surface area (Å²) in [7, 11) is 1.68. The van der Waals surface area contributed by atoms with Gasteiger partial charge in [0, 0.05) is 30.8 Å². The molecule has 1 atom stereocenters. The van der Waals surface area contributed by atoms with Crippen LogP contribution in [0.25, 0.3) is 5.69 Å². The monoisotopic (exact) mass is 338 g/mol. The maximum atomic E-state index is 5.43. The van der Waals surface area contributed by atoms with E-state index in [0.29, 0.717) is 5.92 Å². The van der Waals surface area contributed by atoms with E-state index in [1.165, 1.54) is 12.0 Å². The predicted octanol–water partition coefficient (Wildman–Crippen LogP) is 2.38. The zero-order valence-electron chi connectivity index (χ0n) is 14.3. The highest BCUT2D eigenvalue weighted by atomic mass is 16.5. The Kier molecular flexibility index (Phi) is 4.47. The van der Waals surface area contributed by atoms with Gasteiger partial charge in [-0.2, -0.15) is 10.2 Å². The maximum absolute atomic E-state index is 5.43. The summed E-state index contributed by atoms with van der Waals surface area (Å²) in [5.41, 5.74) is 2.15. The zero-order valence-corrected chi connectivity index (χ0v) is 14.3. The molecule has 1 aliphatic heterocycles. The van der Waals surface area contributed by atoms with Gasteiger partial charge < -0.3 is 4.74 Å². The van der Waals surface area contributed by atoms with Crippen LogP contribution in [0.5, 0.6) is 5.75 Å². The van der Waals surface area contributed by atoms with E-state index in [-0.39, 0.29) is 0 Å². The van der Waals surface area contributed by atoms with E-state index >= 15 is 0 Å². The highest BCUT2D eigenvalue weighted by Gasteiger charge is 2.23. The van der Waals surface area contributed by atoms with Crippen molar-refractivity contribution in [2.75, 3.05) is 20.2 Å². The molecule has 1 aliphatic rings. The first kappa shape index (κ1) is 15.8. The number of para-hydroxylation sites is 2. The third-order valence-corrected chi connectivity index (χ3v) is 4.70. The quantitative estimate of drug-likeness (QED) is 0.773. The van der Waals surface area contributed by atoms with Crippen LogP contribution < -0.4 is 4.74 Å². The fourth-order valence-corrected chi connectivity index (χ4v) is 3.48. The number of rotatable bonds is 5. The highest BCUT2D eigenvalue weighted by Crippen LogP contribution is 2.26. The largest absolute Gasteiger partial charge is 0.494 e. The number of piperidine rings is 1. The van der Waals surface area contributed by atoms with E-state index in [1.54, 1.807) is 13.4 Å². The number of aromatic nitrogens is 5. The number of likely N-dealkylation sites (tertiary alicyclic amines) is 1. The Morgan fingerprint density at radius 2 is 2.24 bits per heavy atom. The molecule has 0 amide bonds. The molecule has 0 radical (unpaired) electrons. The number of nitrogens with one attached hydrogen (secondary N) is 1. The summed E-state index contributed by atoms with van der Waals surface area (Å²) in [6, 6.07) is 7.91. The minimum absolute atomic E-state index is 0.431. The van der Waals surface area contributed by atoms with Gasteiger partial charge in [-0.05, 0) is 31.5 Å². The van der Waals surface area contributed by atoms with Crippen LogP contribution in [0.1, 0.15) is 30.1 Å². The number of hydrogen-bond donors (Lipinski definition) is 1. The van der Waals surface area contributed by atoms with Gasteiger partial charge in [0.2, 0.25) is 0 Å². The summed E-state index contributed by atoms with van der Waals surface area (Å²) >= 11 is 0. The molecule has 1 aromatic carbocycles. The molecule has 0 bridgehead atoms. The molecule has 3 heterocycles. The van der Waals surface area contributed by atoms with Crippen LogP contribution >= 0.6 is 0 Å². The molecule has 0 aliphatic carbocycles. The molecule has 1 N–H and O–H groups in total. The molecular weight excluding hydrogens is 316 g/mol. The number of hydrogen-bond acceptors (Lipinski definition) is 5. The number of aromatic amines is 1. The molecule has 2 aromatic heterocycles. The van der Waals surface area contributed by atoms with Crippen LogP contribution in [0.4, 0.5) is 0 Å². The Bertz CT molecular complexity index is 813. The van der Waals surface area contributed by atoms with E-state index in [2.05, 4.69) is 31.4 Å². The highest BCUT2D eigenvalue weighted by molar-refractivity contribution is 5.46. The summed E-state index contributed by atoms with van der Waals surface area (Å²) in [5.74, 6) is 2.25. The summed E-state index contributed by atoms with van der Waals surface area (Å²) in [5, 5.41) is 11.5. The van der Waals surface area contributed by atoms with Gasteiger partial charge in [-0.25, -0.2) is 9.67 Å². The third-order valence-electron chi connectivity index (χ3n) is 4.70. The third kappa shape index (κ3) is 3.41. The van der Waals surface area contributed by atoms with E-state index < -0.39 is 0 Å². The van der Waals surface area contributed by atoms with Crippen LogP contribution in [-0.4, -0.2) is 50.1 Å². The molecule has 130 valence electrons. The summed E-state index contributed by atoms with van der Waals surface area (Å²) in [4.78, 5) is 6.78. The van der Waals surface area contributed by atoms with E-state index in [4.69, 9.17) is 4.74 Å². The molecule has 1 fully saturated rings. The first-order valence-electron chi connectivity index (χ1n) is 8.58. The first-order valence-corrected chi connectivity index (χ1v) is 8.58. The van der Waals surface area contributed by atoms with Crippen molar-refractivity contribution in [1.29, 1.82) is 0 Å². The van der Waals surface area contributed by atoms with Crippen LogP contribution in [0.2, 0.25) is 0 Å². The number of H-pyrrole nitrogens is 1. The second-order valence-corrected chi connectivity index (χ2v) is 6.41. The number of nitrogens with zero attached hydrogens (tertiary/aromatic N) is 5. The van der Waals surface area contributed by atoms with Crippen LogP contribution in [0, 0.1) is 0 Å². The Morgan fingerprint density at radius 1 is 1.32 bits per heavy atom. The molecule has 3 aromatic rings. The van der Waals surface area contributed by atoms with Gasteiger partial charge in [0.25, 0.3) is 0 Å². The summed E-state index contributed by atoms with van der Waals surface area (Å²) in [6.07, 6.45) is 7.93. The van der Waals surface area contributed by atoms with E-state index in [0.717, 1.165) is 43.3 Å². The lowest BCUT2D eigenvalue weighted by molar-refractivity contribution is 0.196. The predicted molar refractivity (Wildman–Crippen MR) is 93.8 cm³/mol. The number of ether oxygens (including phenoxy) is 1. The van der Waals surface area contributed by atoms with Crippen molar-refractivity contribution in [1.82, 2.24) is 29.9 Å². The zero-order chi connectivity index (χ0) is 17.1. The van der Waals surface area contributed by atoms with Gasteiger partial charge in [-0.3, -0.25) is 10.00 Å². The molecule has 0 unspecified atom stereocenters. The molecule has 25 heavy (non-hydrogen) atoms. The number of methoxy groups -OCH3 is 1. The molecule has 7 nitrogen and oxygen atoms in total. The second-order valence-electron chi connectivity index (χ2n) is 6.41. The van der Waals surface area contributed by atoms with Crippen molar-refractivity contribution in [3.05, 3.63) is 54.4 Å². The lowest BCUT2D eigenvalue weighted by Gasteiger charge is -2.31. The SMILES string of the molecule is COc1ccccc1-n1cc(CN2CCC[C@H](c3ncn[nH]3)C2)cn1. The van der Waals surface area contributed by atoms with Gasteiger partial charge in [-0.1, -0.05) is 12.1 Å². The minimum atomic E-state index is 0.431. The Balaban J connectivity index is 1.46. The first-order chi connectivity index (χ1) is 12.3. The topological polar surface area (TPSA) is 71.9 Å². The van der Waals surface area contributed by atoms with Gasteiger partial charge in [-0.15, -0.1) is 0 Å². The standard InChI is InChI=1S/C18H22N6O/c1-25-17-7-3-2-6-16(17)24-11-14(9-21-24)10-23-8-4-5-15(12-23)18-19-13-20-22-18/h2-3,6-7,9,11,13,15H,4-5,8,10,12H2,1H3,(H,19,20,22)/t15-/m0/s1. The smallest absolute Gasteiger partial charge is 0.144 e. The maximum Gasteiger partial charge on any atom is 0.144 e. The summed E-state index contributed by atoms with van der Waals surface area (Å²) < 4.78 is 7.31. The van der Waals surface area contributed by atoms with Gasteiger partial charge >= 0.3 is 0 Å². The summed E-state index contributed by atoms with van der Waals surface area (Å²) in [6.45, 7) is 2.99. The lowest BCUT2D eigenvalue weighted by atomic mass is 9.97. The van der Waals surface area contributed by atoms with Crippen molar-refractivity contribution in [2.24, 2.45) is 0 Å².